The van der Waals surface area contributed by atoms with E-state index in [0.29, 0.717) is 16.7 Å². The SMILES string of the molecule is O=S(=O)(NCCC1CCN(Cc2ccccc2)CC1)c1cccs1. The standard InChI is InChI=1S/C18H24N2O2S2/c21-24(22,18-7-4-14-23-18)19-11-8-16-9-12-20(13-10-16)15-17-5-2-1-3-6-17/h1-7,14,16,19H,8-13,15H2. The first-order valence-electron chi connectivity index (χ1n) is 8.43. The molecule has 0 unspecified atom stereocenters. The Morgan fingerprint density at radius 2 is 1.83 bits per heavy atom. The van der Waals surface area contributed by atoms with Crippen molar-refractivity contribution in [2.75, 3.05) is 19.6 Å². The van der Waals surface area contributed by atoms with Crippen LogP contribution in [0.2, 0.25) is 0 Å². The lowest BCUT2D eigenvalue weighted by Crippen LogP contribution is -2.34. The molecule has 4 nitrogen and oxygen atoms in total. The first-order valence-corrected chi connectivity index (χ1v) is 10.8. The summed E-state index contributed by atoms with van der Waals surface area (Å²) >= 11 is 1.26. The van der Waals surface area contributed by atoms with Crippen LogP contribution in [-0.4, -0.2) is 33.0 Å². The molecule has 6 heteroatoms. The van der Waals surface area contributed by atoms with Gasteiger partial charge in [-0.3, -0.25) is 4.90 Å². The first kappa shape index (κ1) is 17.6. The van der Waals surface area contributed by atoms with Crippen molar-refractivity contribution in [2.45, 2.75) is 30.0 Å². The summed E-state index contributed by atoms with van der Waals surface area (Å²) in [5.41, 5.74) is 1.36. The number of benzene rings is 1. The molecule has 0 spiro atoms. The van der Waals surface area contributed by atoms with Gasteiger partial charge >= 0.3 is 0 Å². The monoisotopic (exact) mass is 364 g/mol. The molecule has 3 rings (SSSR count). The van der Waals surface area contributed by atoms with E-state index in [1.165, 1.54) is 16.9 Å². The van der Waals surface area contributed by atoms with Crippen LogP contribution < -0.4 is 4.72 Å². The number of thiophene rings is 1. The maximum atomic E-state index is 12.1. The summed E-state index contributed by atoms with van der Waals surface area (Å²) in [7, 11) is -3.31. The van der Waals surface area contributed by atoms with Crippen molar-refractivity contribution in [3.05, 3.63) is 53.4 Å². The van der Waals surface area contributed by atoms with Gasteiger partial charge in [0.25, 0.3) is 0 Å². The van der Waals surface area contributed by atoms with E-state index in [1.807, 2.05) is 6.07 Å². The summed E-state index contributed by atoms with van der Waals surface area (Å²) in [4.78, 5) is 2.49. The second kappa shape index (κ2) is 8.25. The highest BCUT2D eigenvalue weighted by Crippen LogP contribution is 2.22. The molecule has 0 atom stereocenters. The van der Waals surface area contributed by atoms with Gasteiger partial charge in [0, 0.05) is 13.1 Å². The molecular weight excluding hydrogens is 340 g/mol. The lowest BCUT2D eigenvalue weighted by atomic mass is 9.93. The van der Waals surface area contributed by atoms with Crippen LogP contribution in [0.4, 0.5) is 0 Å². The Labute approximate surface area is 148 Å². The third-order valence-corrected chi connectivity index (χ3v) is 7.42. The van der Waals surface area contributed by atoms with Crippen LogP contribution >= 0.6 is 11.3 Å². The fraction of sp³-hybridized carbons (Fsp3) is 0.444. The normalized spacial score (nSPS) is 17.2. The highest BCUT2D eigenvalue weighted by molar-refractivity contribution is 7.91. The third kappa shape index (κ3) is 4.89. The Kier molecular flexibility index (Phi) is 6.05. The van der Waals surface area contributed by atoms with E-state index in [4.69, 9.17) is 0 Å². The zero-order chi connectivity index (χ0) is 16.8. The molecule has 1 aromatic carbocycles. The van der Waals surface area contributed by atoms with Gasteiger partial charge in [-0.2, -0.15) is 0 Å². The van der Waals surface area contributed by atoms with Crippen LogP contribution in [0.25, 0.3) is 0 Å². The van der Waals surface area contributed by atoms with Crippen molar-refractivity contribution < 1.29 is 8.42 Å². The van der Waals surface area contributed by atoms with Crippen LogP contribution in [0.3, 0.4) is 0 Å². The lowest BCUT2D eigenvalue weighted by molar-refractivity contribution is 0.173. The molecule has 1 aromatic heterocycles. The van der Waals surface area contributed by atoms with Crippen molar-refractivity contribution in [3.8, 4) is 0 Å². The molecule has 1 N–H and O–H groups in total. The Morgan fingerprint density at radius 3 is 2.50 bits per heavy atom. The zero-order valence-corrected chi connectivity index (χ0v) is 15.4. The number of nitrogens with one attached hydrogen (secondary N) is 1. The van der Waals surface area contributed by atoms with E-state index in [2.05, 4.69) is 33.9 Å². The first-order chi connectivity index (χ1) is 11.6. The van der Waals surface area contributed by atoms with Crippen LogP contribution in [0.5, 0.6) is 0 Å². The lowest BCUT2D eigenvalue weighted by Gasteiger charge is -2.32. The smallest absolute Gasteiger partial charge is 0.250 e. The van der Waals surface area contributed by atoms with E-state index in [-0.39, 0.29) is 0 Å². The molecule has 24 heavy (non-hydrogen) atoms. The van der Waals surface area contributed by atoms with Crippen LogP contribution in [0.15, 0.2) is 52.1 Å². The molecule has 0 amide bonds. The van der Waals surface area contributed by atoms with E-state index < -0.39 is 10.0 Å². The Morgan fingerprint density at radius 1 is 1.08 bits per heavy atom. The molecule has 0 aliphatic carbocycles. The summed E-state index contributed by atoms with van der Waals surface area (Å²) in [6.45, 7) is 3.73. The molecule has 2 heterocycles. The summed E-state index contributed by atoms with van der Waals surface area (Å²) in [5.74, 6) is 0.614. The van der Waals surface area contributed by atoms with Gasteiger partial charge < -0.3 is 0 Å². The fourth-order valence-electron chi connectivity index (χ4n) is 3.16. The van der Waals surface area contributed by atoms with Gasteiger partial charge in [0.1, 0.15) is 4.21 Å². The topological polar surface area (TPSA) is 49.4 Å². The number of sulfonamides is 1. The molecule has 1 aliphatic heterocycles. The van der Waals surface area contributed by atoms with Crippen molar-refractivity contribution in [1.29, 1.82) is 0 Å². The zero-order valence-electron chi connectivity index (χ0n) is 13.7. The molecule has 2 aromatic rings. The van der Waals surface area contributed by atoms with Crippen LogP contribution in [0, 0.1) is 5.92 Å². The fourth-order valence-corrected chi connectivity index (χ4v) is 5.24. The average molecular weight is 365 g/mol. The minimum atomic E-state index is -3.31. The van der Waals surface area contributed by atoms with E-state index in [1.54, 1.807) is 17.5 Å². The van der Waals surface area contributed by atoms with Gasteiger partial charge in [0.15, 0.2) is 0 Å². The number of likely N-dealkylation sites (tertiary alicyclic amines) is 1. The third-order valence-electron chi connectivity index (χ3n) is 4.56. The van der Waals surface area contributed by atoms with Crippen LogP contribution in [-0.2, 0) is 16.6 Å². The Balaban J connectivity index is 1.38. The van der Waals surface area contributed by atoms with Gasteiger partial charge in [-0.1, -0.05) is 36.4 Å². The summed E-state index contributed by atoms with van der Waals surface area (Å²) in [6.07, 6.45) is 3.21. The molecule has 1 aliphatic rings. The Bertz CT molecular complexity index is 707. The molecule has 0 bridgehead atoms. The summed E-state index contributed by atoms with van der Waals surface area (Å²) < 4.78 is 27.3. The Hall–Kier alpha value is -1.21. The predicted molar refractivity (Wildman–Crippen MR) is 98.6 cm³/mol. The number of hydrogen-bond acceptors (Lipinski definition) is 4. The molecular formula is C18H24N2O2S2. The number of nitrogens with zero attached hydrogens (tertiary/aromatic N) is 1. The van der Waals surface area contributed by atoms with Gasteiger partial charge in [-0.25, -0.2) is 13.1 Å². The molecule has 0 radical (unpaired) electrons. The molecule has 0 saturated carbocycles. The minimum Gasteiger partial charge on any atom is -0.299 e. The predicted octanol–water partition coefficient (Wildman–Crippen LogP) is 3.33. The summed E-state index contributed by atoms with van der Waals surface area (Å²) in [5, 5.41) is 1.79. The van der Waals surface area contributed by atoms with Crippen molar-refractivity contribution in [2.24, 2.45) is 5.92 Å². The number of piperidine rings is 1. The second-order valence-electron chi connectivity index (χ2n) is 6.32. The maximum Gasteiger partial charge on any atom is 0.250 e. The number of rotatable bonds is 7. The highest BCUT2D eigenvalue weighted by Gasteiger charge is 2.20. The molecule has 1 saturated heterocycles. The molecule has 1 fully saturated rings. The quantitative estimate of drug-likeness (QED) is 0.820. The maximum absolute atomic E-state index is 12.1. The van der Waals surface area contributed by atoms with E-state index >= 15 is 0 Å². The summed E-state index contributed by atoms with van der Waals surface area (Å²) in [6, 6.07) is 14.0. The highest BCUT2D eigenvalue weighted by atomic mass is 32.2. The average Bonchev–Trinajstić information content (AvgIpc) is 3.13. The molecule has 130 valence electrons. The van der Waals surface area contributed by atoms with Gasteiger partial charge in [0.05, 0.1) is 0 Å². The second-order valence-corrected chi connectivity index (χ2v) is 9.27. The largest absolute Gasteiger partial charge is 0.299 e. The van der Waals surface area contributed by atoms with Gasteiger partial charge in [-0.15, -0.1) is 11.3 Å². The minimum absolute atomic E-state index is 0.403. The van der Waals surface area contributed by atoms with Gasteiger partial charge in [-0.05, 0) is 55.3 Å². The van der Waals surface area contributed by atoms with Gasteiger partial charge in [0.2, 0.25) is 10.0 Å². The van der Waals surface area contributed by atoms with Crippen molar-refractivity contribution in [1.82, 2.24) is 9.62 Å². The van der Waals surface area contributed by atoms with Crippen molar-refractivity contribution >= 4 is 21.4 Å². The van der Waals surface area contributed by atoms with E-state index in [9.17, 15) is 8.42 Å². The van der Waals surface area contributed by atoms with E-state index in [0.717, 1.165) is 38.9 Å². The van der Waals surface area contributed by atoms with Crippen molar-refractivity contribution in [3.63, 3.8) is 0 Å². The number of hydrogen-bond donors (Lipinski definition) is 1. The van der Waals surface area contributed by atoms with Crippen LogP contribution in [0.1, 0.15) is 24.8 Å².